The number of aromatic nitrogens is 4. The number of ether oxygens (including phenoxy) is 1. The molecule has 0 fully saturated rings. The molecule has 2 heterocycles. The molecular formula is C40H33FN6O4S3. The predicted octanol–water partition coefficient (Wildman–Crippen LogP) is 8.39. The van der Waals surface area contributed by atoms with E-state index in [2.05, 4.69) is 14.9 Å². The Hall–Kier alpha value is -5.83. The van der Waals surface area contributed by atoms with Gasteiger partial charge < -0.3 is 4.74 Å². The number of hydrogen-bond acceptors (Lipinski definition) is 9. The molecule has 0 aliphatic carbocycles. The van der Waals surface area contributed by atoms with Crippen molar-refractivity contribution in [3.05, 3.63) is 156 Å². The summed E-state index contributed by atoms with van der Waals surface area (Å²) in [7, 11) is -2.42. The van der Waals surface area contributed by atoms with Crippen LogP contribution in [0.2, 0.25) is 0 Å². The first-order valence-electron chi connectivity index (χ1n) is 16.7. The van der Waals surface area contributed by atoms with Gasteiger partial charge >= 0.3 is 0 Å². The van der Waals surface area contributed by atoms with Crippen LogP contribution in [0, 0.1) is 5.82 Å². The van der Waals surface area contributed by atoms with Gasteiger partial charge in [-0.15, -0.1) is 21.5 Å². The number of nitrogens with one attached hydrogen (secondary N) is 1. The minimum absolute atomic E-state index is 0.00539. The number of sulfonamides is 1. The van der Waals surface area contributed by atoms with E-state index in [1.54, 1.807) is 59.5 Å². The summed E-state index contributed by atoms with van der Waals surface area (Å²) in [6, 6.07) is 38.6. The minimum atomic E-state index is -3.96. The molecule has 7 aromatic rings. The molecule has 0 aliphatic heterocycles. The second kappa shape index (κ2) is 16.5. The standard InChI is InChI=1S/C40H33FN6O4S3/c1-51-34-21-19-33(20-22-34)45-54(49,50)35-14-8-13-31(23-35)38-43-44-40(47(38)25-28-9-4-2-5-10-28)53-27-37(48)46(24-29-15-17-32(41)18-16-29)39-42-36(26-52-39)30-11-6-3-7-12-30/h2-23,26,45H,24-25,27H2,1H3. The Morgan fingerprint density at radius 3 is 2.28 bits per heavy atom. The van der Waals surface area contributed by atoms with Crippen molar-refractivity contribution in [2.24, 2.45) is 0 Å². The molecule has 54 heavy (non-hydrogen) atoms. The fourth-order valence-electron chi connectivity index (χ4n) is 5.56. The van der Waals surface area contributed by atoms with E-state index < -0.39 is 10.0 Å². The minimum Gasteiger partial charge on any atom is -0.497 e. The van der Waals surface area contributed by atoms with E-state index >= 15 is 0 Å². The van der Waals surface area contributed by atoms with Gasteiger partial charge in [-0.1, -0.05) is 96.7 Å². The number of rotatable bonds is 14. The van der Waals surface area contributed by atoms with E-state index in [0.717, 1.165) is 22.4 Å². The number of hydrogen-bond donors (Lipinski definition) is 1. The lowest BCUT2D eigenvalue weighted by atomic mass is 10.2. The number of nitrogens with zero attached hydrogens (tertiary/aromatic N) is 5. The summed E-state index contributed by atoms with van der Waals surface area (Å²) in [4.78, 5) is 20.5. The van der Waals surface area contributed by atoms with Crippen molar-refractivity contribution in [1.82, 2.24) is 19.7 Å². The Morgan fingerprint density at radius 1 is 0.852 bits per heavy atom. The van der Waals surface area contributed by atoms with Crippen molar-refractivity contribution in [3.63, 3.8) is 0 Å². The van der Waals surface area contributed by atoms with Crippen LogP contribution >= 0.6 is 23.1 Å². The third-order valence-corrected chi connectivity index (χ3v) is 11.5. The molecule has 2 aromatic heterocycles. The maximum atomic E-state index is 14.1. The van der Waals surface area contributed by atoms with Crippen molar-refractivity contribution >= 4 is 49.8 Å². The van der Waals surface area contributed by atoms with Crippen molar-refractivity contribution in [2.75, 3.05) is 22.5 Å². The van der Waals surface area contributed by atoms with Crippen molar-refractivity contribution in [1.29, 1.82) is 0 Å². The molecule has 0 spiro atoms. The Bertz CT molecular complexity index is 2460. The maximum Gasteiger partial charge on any atom is 0.261 e. The number of carbonyl (C=O) groups is 1. The molecule has 1 amide bonds. The van der Waals surface area contributed by atoms with Crippen LogP contribution in [0.5, 0.6) is 5.75 Å². The Morgan fingerprint density at radius 2 is 1.56 bits per heavy atom. The zero-order valence-electron chi connectivity index (χ0n) is 28.9. The van der Waals surface area contributed by atoms with Crippen molar-refractivity contribution in [3.8, 4) is 28.4 Å². The zero-order valence-corrected chi connectivity index (χ0v) is 31.3. The van der Waals surface area contributed by atoms with E-state index in [1.807, 2.05) is 70.6 Å². The SMILES string of the molecule is COc1ccc(NS(=O)(=O)c2cccc(-c3nnc(SCC(=O)N(Cc4ccc(F)cc4)c4nc(-c5ccccc5)cs4)n3Cc3ccccc3)c2)cc1. The van der Waals surface area contributed by atoms with Crippen LogP contribution in [0.3, 0.4) is 0 Å². The van der Waals surface area contributed by atoms with E-state index in [1.165, 1.54) is 48.4 Å². The third-order valence-electron chi connectivity index (χ3n) is 8.32. The van der Waals surface area contributed by atoms with Gasteiger partial charge in [-0.3, -0.25) is 19.0 Å². The van der Waals surface area contributed by atoms with E-state index in [9.17, 15) is 17.6 Å². The number of methoxy groups -OCH3 is 1. The largest absolute Gasteiger partial charge is 0.497 e. The van der Waals surface area contributed by atoms with Crippen LogP contribution in [-0.2, 0) is 27.9 Å². The maximum absolute atomic E-state index is 14.1. The van der Waals surface area contributed by atoms with Crippen LogP contribution < -0.4 is 14.4 Å². The summed E-state index contributed by atoms with van der Waals surface area (Å²) in [5, 5.41) is 11.9. The summed E-state index contributed by atoms with van der Waals surface area (Å²) in [6.45, 7) is 0.558. The molecule has 14 heteroatoms. The van der Waals surface area contributed by atoms with Gasteiger partial charge in [-0.25, -0.2) is 17.8 Å². The molecule has 7 rings (SSSR count). The number of thioether (sulfide) groups is 1. The molecule has 0 atom stereocenters. The van der Waals surface area contributed by atoms with Crippen molar-refractivity contribution < 1.29 is 22.3 Å². The molecule has 1 N–H and O–H groups in total. The van der Waals surface area contributed by atoms with Crippen LogP contribution in [0.1, 0.15) is 11.1 Å². The number of thiazole rings is 1. The summed E-state index contributed by atoms with van der Waals surface area (Å²) in [5.41, 5.74) is 4.31. The number of amides is 1. The molecule has 0 saturated carbocycles. The fourth-order valence-corrected chi connectivity index (χ4v) is 8.33. The van der Waals surface area contributed by atoms with Crippen LogP contribution in [0.15, 0.2) is 149 Å². The van der Waals surface area contributed by atoms with Gasteiger partial charge in [0.15, 0.2) is 16.1 Å². The Kier molecular flexibility index (Phi) is 11.1. The van der Waals surface area contributed by atoms with Gasteiger partial charge in [0.2, 0.25) is 5.91 Å². The number of halogens is 1. The molecular weight excluding hydrogens is 744 g/mol. The number of benzene rings is 5. The molecule has 0 saturated heterocycles. The summed E-state index contributed by atoms with van der Waals surface area (Å²) >= 11 is 2.57. The van der Waals surface area contributed by atoms with Gasteiger partial charge in [-0.05, 0) is 59.7 Å². The lowest BCUT2D eigenvalue weighted by molar-refractivity contribution is -0.116. The third kappa shape index (κ3) is 8.68. The second-order valence-corrected chi connectivity index (χ2v) is 15.5. The predicted molar refractivity (Wildman–Crippen MR) is 211 cm³/mol. The quantitative estimate of drug-likeness (QED) is 0.110. The van der Waals surface area contributed by atoms with Crippen LogP contribution in [-0.4, -0.2) is 46.9 Å². The van der Waals surface area contributed by atoms with Gasteiger partial charge in [0.1, 0.15) is 11.6 Å². The lowest BCUT2D eigenvalue weighted by Crippen LogP contribution is -2.32. The summed E-state index contributed by atoms with van der Waals surface area (Å²) < 4.78 is 50.3. The van der Waals surface area contributed by atoms with Crippen LogP contribution in [0.25, 0.3) is 22.6 Å². The highest BCUT2D eigenvalue weighted by atomic mass is 32.2. The zero-order chi connectivity index (χ0) is 37.5. The highest BCUT2D eigenvalue weighted by Crippen LogP contribution is 2.31. The molecule has 0 radical (unpaired) electrons. The monoisotopic (exact) mass is 776 g/mol. The normalized spacial score (nSPS) is 11.3. The molecule has 0 bridgehead atoms. The summed E-state index contributed by atoms with van der Waals surface area (Å²) in [6.07, 6.45) is 0. The van der Waals surface area contributed by atoms with E-state index in [4.69, 9.17) is 9.72 Å². The Balaban J connectivity index is 1.17. The highest BCUT2D eigenvalue weighted by molar-refractivity contribution is 7.99. The van der Waals surface area contributed by atoms with Crippen molar-refractivity contribution in [2.45, 2.75) is 23.1 Å². The number of carbonyl (C=O) groups excluding carboxylic acids is 1. The van der Waals surface area contributed by atoms with Gasteiger partial charge in [0, 0.05) is 22.2 Å². The summed E-state index contributed by atoms with van der Waals surface area (Å²) in [5.74, 6) is 0.443. The first-order chi connectivity index (χ1) is 26.3. The average molecular weight is 777 g/mol. The molecule has 0 unspecified atom stereocenters. The molecule has 0 aliphatic rings. The lowest BCUT2D eigenvalue weighted by Gasteiger charge is -2.20. The molecule has 272 valence electrons. The van der Waals surface area contributed by atoms with Gasteiger partial charge in [0.25, 0.3) is 10.0 Å². The number of anilines is 2. The smallest absolute Gasteiger partial charge is 0.261 e. The van der Waals surface area contributed by atoms with Crippen LogP contribution in [0.4, 0.5) is 15.2 Å². The first kappa shape index (κ1) is 36.5. The van der Waals surface area contributed by atoms with E-state index in [0.29, 0.717) is 39.7 Å². The topological polar surface area (TPSA) is 119 Å². The molecule has 5 aromatic carbocycles. The second-order valence-electron chi connectivity index (χ2n) is 12.0. The fraction of sp³-hybridized carbons (Fsp3) is 0.100. The highest BCUT2D eigenvalue weighted by Gasteiger charge is 2.24. The van der Waals surface area contributed by atoms with Gasteiger partial charge in [-0.2, -0.15) is 0 Å². The average Bonchev–Trinajstić information content (AvgIpc) is 3.85. The molecule has 10 nitrogen and oxygen atoms in total. The van der Waals surface area contributed by atoms with E-state index in [-0.39, 0.29) is 28.9 Å². The Labute approximate surface area is 320 Å². The first-order valence-corrected chi connectivity index (χ1v) is 20.0. The van der Waals surface area contributed by atoms with Gasteiger partial charge in [0.05, 0.1) is 36.5 Å².